The number of allylic oxidation sites excluding steroid dienone is 1. The van der Waals surface area contributed by atoms with Crippen molar-refractivity contribution in [1.82, 2.24) is 5.32 Å². The minimum absolute atomic E-state index is 0.300. The smallest absolute Gasteiger partial charge is 0.242 e. The van der Waals surface area contributed by atoms with Crippen LogP contribution in [0.3, 0.4) is 0 Å². The Bertz CT molecular complexity index is 820. The summed E-state index contributed by atoms with van der Waals surface area (Å²) in [7, 11) is 1.60. The number of benzene rings is 2. The van der Waals surface area contributed by atoms with Crippen molar-refractivity contribution in [3.05, 3.63) is 70.8 Å². The third-order valence-corrected chi connectivity index (χ3v) is 4.29. The van der Waals surface area contributed by atoms with Crippen molar-refractivity contribution in [3.63, 3.8) is 0 Å². The summed E-state index contributed by atoms with van der Waals surface area (Å²) in [6, 6.07) is 16.7. The zero-order valence-corrected chi connectivity index (χ0v) is 13.7. The van der Waals surface area contributed by atoms with Crippen LogP contribution in [0.1, 0.15) is 17.0 Å². The number of carbonyl (C=O) groups is 1. The van der Waals surface area contributed by atoms with Gasteiger partial charge in [0.15, 0.2) is 0 Å². The topological polar surface area (TPSA) is 62.1 Å². The summed E-state index contributed by atoms with van der Waals surface area (Å²) in [4.78, 5) is 12.4. The molecule has 2 aromatic carbocycles. The molecule has 0 saturated carbocycles. The fourth-order valence-corrected chi connectivity index (χ4v) is 2.87. The number of nitriles is 1. The lowest BCUT2D eigenvalue weighted by Crippen LogP contribution is -2.36. The van der Waals surface area contributed by atoms with E-state index in [1.165, 1.54) is 0 Å². The molecule has 5 heteroatoms. The largest absolute Gasteiger partial charge is 0.497 e. The Labute approximate surface area is 145 Å². The zero-order chi connectivity index (χ0) is 17.1. The molecule has 0 aliphatic carbocycles. The van der Waals surface area contributed by atoms with E-state index in [9.17, 15) is 10.1 Å². The highest BCUT2D eigenvalue weighted by Gasteiger charge is 2.33. The Morgan fingerprint density at radius 3 is 2.38 bits per heavy atom. The summed E-state index contributed by atoms with van der Waals surface area (Å²) in [5, 5.41) is 12.8. The van der Waals surface area contributed by atoms with Crippen LogP contribution in [0.4, 0.5) is 0 Å². The SMILES string of the molecule is COc1ccc(C2C=C(c3ccc(Cl)cc3)NC(=O)C2C#N)cc1. The lowest BCUT2D eigenvalue weighted by molar-refractivity contribution is -0.122. The fourth-order valence-electron chi connectivity index (χ4n) is 2.74. The summed E-state index contributed by atoms with van der Waals surface area (Å²) in [6.07, 6.45) is 1.92. The van der Waals surface area contributed by atoms with E-state index < -0.39 is 5.92 Å². The first-order valence-corrected chi connectivity index (χ1v) is 7.82. The van der Waals surface area contributed by atoms with Crippen molar-refractivity contribution in [2.24, 2.45) is 5.92 Å². The second-order valence-corrected chi connectivity index (χ2v) is 5.92. The molecule has 2 unspecified atom stereocenters. The van der Waals surface area contributed by atoms with E-state index in [4.69, 9.17) is 16.3 Å². The molecule has 0 bridgehead atoms. The molecule has 1 aliphatic rings. The molecular weight excluding hydrogens is 324 g/mol. The fraction of sp³-hybridized carbons (Fsp3) is 0.158. The summed E-state index contributed by atoms with van der Waals surface area (Å²) in [5.74, 6) is -0.657. The van der Waals surface area contributed by atoms with Crippen LogP contribution in [0.25, 0.3) is 5.70 Å². The highest BCUT2D eigenvalue weighted by Crippen LogP contribution is 2.34. The minimum Gasteiger partial charge on any atom is -0.497 e. The third-order valence-electron chi connectivity index (χ3n) is 4.04. The first kappa shape index (κ1) is 16.1. The number of methoxy groups -OCH3 is 1. The Balaban J connectivity index is 2.02. The van der Waals surface area contributed by atoms with Gasteiger partial charge >= 0.3 is 0 Å². The zero-order valence-electron chi connectivity index (χ0n) is 13.0. The molecule has 3 rings (SSSR count). The van der Waals surface area contributed by atoms with Gasteiger partial charge in [-0.05, 0) is 35.4 Å². The number of hydrogen-bond donors (Lipinski definition) is 1. The molecule has 0 saturated heterocycles. The van der Waals surface area contributed by atoms with Crippen LogP contribution < -0.4 is 10.1 Å². The number of ether oxygens (including phenoxy) is 1. The highest BCUT2D eigenvalue weighted by atomic mass is 35.5. The molecule has 1 N–H and O–H groups in total. The van der Waals surface area contributed by atoms with E-state index in [0.29, 0.717) is 10.7 Å². The molecule has 1 aliphatic heterocycles. The first-order chi connectivity index (χ1) is 11.6. The Kier molecular flexibility index (Phi) is 4.54. The molecule has 4 nitrogen and oxygen atoms in total. The van der Waals surface area contributed by atoms with Crippen LogP contribution in [0, 0.1) is 17.2 Å². The second-order valence-electron chi connectivity index (χ2n) is 5.48. The molecule has 0 aromatic heterocycles. The van der Waals surface area contributed by atoms with Gasteiger partial charge in [-0.25, -0.2) is 0 Å². The van der Waals surface area contributed by atoms with Crippen LogP contribution in [-0.4, -0.2) is 13.0 Å². The molecule has 0 radical (unpaired) electrons. The maximum atomic E-state index is 12.4. The van der Waals surface area contributed by atoms with Crippen molar-refractivity contribution < 1.29 is 9.53 Å². The van der Waals surface area contributed by atoms with Crippen molar-refractivity contribution in [2.45, 2.75) is 5.92 Å². The van der Waals surface area contributed by atoms with Crippen LogP contribution >= 0.6 is 11.6 Å². The van der Waals surface area contributed by atoms with Gasteiger partial charge in [0.05, 0.1) is 13.2 Å². The van der Waals surface area contributed by atoms with E-state index in [-0.39, 0.29) is 11.8 Å². The molecule has 0 fully saturated rings. The lowest BCUT2D eigenvalue weighted by Gasteiger charge is -2.26. The molecule has 2 atom stereocenters. The maximum absolute atomic E-state index is 12.4. The van der Waals surface area contributed by atoms with E-state index in [1.54, 1.807) is 19.2 Å². The van der Waals surface area contributed by atoms with Gasteiger partial charge in [-0.3, -0.25) is 4.79 Å². The predicted octanol–water partition coefficient (Wildman–Crippen LogP) is 3.74. The van der Waals surface area contributed by atoms with Gasteiger partial charge in [0.25, 0.3) is 0 Å². The summed E-state index contributed by atoms with van der Waals surface area (Å²) in [6.45, 7) is 0. The number of halogens is 1. The number of nitrogens with zero attached hydrogens (tertiary/aromatic N) is 1. The molecule has 1 amide bonds. The van der Waals surface area contributed by atoms with E-state index in [1.807, 2.05) is 42.5 Å². The molecule has 120 valence electrons. The number of carbonyl (C=O) groups excluding carboxylic acids is 1. The van der Waals surface area contributed by atoms with Crippen molar-refractivity contribution in [2.75, 3.05) is 7.11 Å². The van der Waals surface area contributed by atoms with Crippen LogP contribution in [0.15, 0.2) is 54.6 Å². The Morgan fingerprint density at radius 1 is 1.12 bits per heavy atom. The maximum Gasteiger partial charge on any atom is 0.242 e. The average molecular weight is 339 g/mol. The van der Waals surface area contributed by atoms with Gasteiger partial charge in [-0.2, -0.15) is 5.26 Å². The van der Waals surface area contributed by atoms with Crippen LogP contribution in [0.5, 0.6) is 5.75 Å². The van der Waals surface area contributed by atoms with Gasteiger partial charge in [0.1, 0.15) is 11.7 Å². The standard InChI is InChI=1S/C19H15ClN2O2/c1-24-15-8-4-12(5-9-15)16-10-18(22-19(23)17(16)11-21)13-2-6-14(20)7-3-13/h2-10,16-17H,1H3,(H,22,23). The number of hydrogen-bond acceptors (Lipinski definition) is 3. The molecule has 24 heavy (non-hydrogen) atoms. The van der Waals surface area contributed by atoms with Gasteiger partial charge in [-0.1, -0.05) is 41.9 Å². The van der Waals surface area contributed by atoms with Gasteiger partial charge < -0.3 is 10.1 Å². The quantitative estimate of drug-likeness (QED) is 0.927. The normalized spacial score (nSPS) is 19.9. The Hall–Kier alpha value is -2.77. The lowest BCUT2D eigenvalue weighted by atomic mass is 9.82. The van der Waals surface area contributed by atoms with E-state index in [2.05, 4.69) is 11.4 Å². The Morgan fingerprint density at radius 2 is 1.79 bits per heavy atom. The monoisotopic (exact) mass is 338 g/mol. The molecular formula is C19H15ClN2O2. The minimum atomic E-state index is -0.769. The first-order valence-electron chi connectivity index (χ1n) is 7.44. The predicted molar refractivity (Wildman–Crippen MR) is 92.4 cm³/mol. The molecule has 2 aromatic rings. The molecule has 0 spiro atoms. The van der Waals surface area contributed by atoms with Crippen molar-refractivity contribution in [3.8, 4) is 11.8 Å². The highest BCUT2D eigenvalue weighted by molar-refractivity contribution is 6.30. The number of rotatable bonds is 3. The van der Waals surface area contributed by atoms with Crippen LogP contribution in [-0.2, 0) is 4.79 Å². The van der Waals surface area contributed by atoms with Gasteiger partial charge in [0, 0.05) is 16.6 Å². The van der Waals surface area contributed by atoms with Crippen LogP contribution in [0.2, 0.25) is 5.02 Å². The summed E-state index contributed by atoms with van der Waals surface area (Å²) >= 11 is 5.92. The average Bonchev–Trinajstić information content (AvgIpc) is 2.61. The third kappa shape index (κ3) is 3.12. The number of nitrogens with one attached hydrogen (secondary N) is 1. The second kappa shape index (κ2) is 6.77. The summed E-state index contributed by atoms with van der Waals surface area (Å²) < 4.78 is 5.16. The van der Waals surface area contributed by atoms with E-state index >= 15 is 0 Å². The van der Waals surface area contributed by atoms with Crippen molar-refractivity contribution >= 4 is 23.2 Å². The summed E-state index contributed by atoms with van der Waals surface area (Å²) in [5.41, 5.74) is 2.43. The van der Waals surface area contributed by atoms with Gasteiger partial charge in [0.2, 0.25) is 5.91 Å². The van der Waals surface area contributed by atoms with E-state index in [0.717, 1.165) is 16.9 Å². The number of amides is 1. The van der Waals surface area contributed by atoms with Crippen molar-refractivity contribution in [1.29, 1.82) is 5.26 Å². The molecule has 1 heterocycles. The van der Waals surface area contributed by atoms with Gasteiger partial charge in [-0.15, -0.1) is 0 Å².